The molecule has 6 heteroatoms. The molecule has 4 nitrogen and oxygen atoms in total. The number of aromatic nitrogens is 1. The largest absolute Gasteiger partial charge is 0.394 e. The summed E-state index contributed by atoms with van der Waals surface area (Å²) in [6.07, 6.45) is 0. The van der Waals surface area contributed by atoms with E-state index in [1.807, 2.05) is 13.8 Å². The molecule has 0 fully saturated rings. The summed E-state index contributed by atoms with van der Waals surface area (Å²) in [5, 5.41) is 12.1. The van der Waals surface area contributed by atoms with Crippen LogP contribution in [0.1, 0.15) is 24.2 Å². The van der Waals surface area contributed by atoms with Crippen LogP contribution in [0.15, 0.2) is 12.1 Å². The van der Waals surface area contributed by atoms with Gasteiger partial charge in [0.2, 0.25) is 0 Å². The molecule has 0 radical (unpaired) electrons. The van der Waals surface area contributed by atoms with Crippen LogP contribution in [0, 0.1) is 5.92 Å². The number of nitrogens with one attached hydrogen (secondary N) is 1. The van der Waals surface area contributed by atoms with Gasteiger partial charge in [0.1, 0.15) is 10.3 Å². The highest BCUT2D eigenvalue weighted by molar-refractivity contribution is 6.34. The van der Waals surface area contributed by atoms with Gasteiger partial charge in [0.25, 0.3) is 5.91 Å². The van der Waals surface area contributed by atoms with E-state index in [0.717, 1.165) is 0 Å². The summed E-state index contributed by atoms with van der Waals surface area (Å²) >= 11 is 11.4. The lowest BCUT2D eigenvalue weighted by atomic mass is 10.1. The van der Waals surface area contributed by atoms with Crippen molar-refractivity contribution in [3.63, 3.8) is 0 Å². The topological polar surface area (TPSA) is 62.2 Å². The van der Waals surface area contributed by atoms with E-state index in [0.29, 0.717) is 0 Å². The number of hydrogen-bond donors (Lipinski definition) is 2. The third kappa shape index (κ3) is 3.84. The lowest BCUT2D eigenvalue weighted by Crippen LogP contribution is -2.41. The zero-order valence-corrected chi connectivity index (χ0v) is 11.1. The predicted octanol–water partition coefficient (Wildman–Crippen LogP) is 2.14. The minimum Gasteiger partial charge on any atom is -0.394 e. The van der Waals surface area contributed by atoms with Crippen LogP contribution < -0.4 is 5.32 Å². The highest BCUT2D eigenvalue weighted by Crippen LogP contribution is 2.17. The van der Waals surface area contributed by atoms with Crippen molar-refractivity contribution < 1.29 is 9.90 Å². The first kappa shape index (κ1) is 14.2. The van der Waals surface area contributed by atoms with Crippen LogP contribution in [0.3, 0.4) is 0 Å². The maximum atomic E-state index is 11.9. The Morgan fingerprint density at radius 3 is 2.59 bits per heavy atom. The Hall–Kier alpha value is -0.840. The molecule has 1 atom stereocenters. The van der Waals surface area contributed by atoms with Crippen molar-refractivity contribution in [2.75, 3.05) is 6.61 Å². The second-order valence-electron chi connectivity index (χ2n) is 3.98. The van der Waals surface area contributed by atoms with Crippen molar-refractivity contribution in [1.29, 1.82) is 0 Å². The average molecular weight is 277 g/mol. The van der Waals surface area contributed by atoms with E-state index in [1.54, 1.807) is 0 Å². The Kier molecular flexibility index (Phi) is 5.18. The minimum absolute atomic E-state index is 0.0513. The number of amides is 1. The zero-order chi connectivity index (χ0) is 13.0. The van der Waals surface area contributed by atoms with E-state index in [-0.39, 0.29) is 40.3 Å². The smallest absolute Gasteiger partial charge is 0.254 e. The molecule has 2 N–H and O–H groups in total. The second kappa shape index (κ2) is 6.19. The van der Waals surface area contributed by atoms with E-state index in [4.69, 9.17) is 28.3 Å². The summed E-state index contributed by atoms with van der Waals surface area (Å²) in [5.74, 6) is -0.241. The van der Waals surface area contributed by atoms with Crippen molar-refractivity contribution in [3.05, 3.63) is 28.0 Å². The van der Waals surface area contributed by atoms with Gasteiger partial charge in [-0.25, -0.2) is 4.98 Å². The van der Waals surface area contributed by atoms with Gasteiger partial charge < -0.3 is 10.4 Å². The minimum atomic E-state index is -0.369. The predicted molar refractivity (Wildman–Crippen MR) is 67.4 cm³/mol. The van der Waals surface area contributed by atoms with E-state index in [1.165, 1.54) is 12.1 Å². The summed E-state index contributed by atoms with van der Waals surface area (Å²) in [4.78, 5) is 15.6. The summed E-state index contributed by atoms with van der Waals surface area (Å²) in [7, 11) is 0. The molecule has 17 heavy (non-hydrogen) atoms. The van der Waals surface area contributed by atoms with Gasteiger partial charge in [-0.3, -0.25) is 4.79 Å². The molecule has 0 bridgehead atoms. The number of aliphatic hydroxyl groups is 1. The van der Waals surface area contributed by atoms with E-state index < -0.39 is 0 Å². The van der Waals surface area contributed by atoms with Crippen molar-refractivity contribution in [2.45, 2.75) is 19.9 Å². The average Bonchev–Trinajstić information content (AvgIpc) is 2.24. The Labute approximate surface area is 110 Å². The van der Waals surface area contributed by atoms with Gasteiger partial charge in [-0.1, -0.05) is 37.0 Å². The highest BCUT2D eigenvalue weighted by Gasteiger charge is 2.18. The molecule has 1 aromatic heterocycles. The third-order valence-corrected chi connectivity index (χ3v) is 2.88. The fourth-order valence-corrected chi connectivity index (χ4v) is 1.68. The van der Waals surface area contributed by atoms with Crippen LogP contribution in [-0.4, -0.2) is 28.6 Å². The van der Waals surface area contributed by atoms with Crippen LogP contribution in [0.5, 0.6) is 0 Å². The molecule has 0 aliphatic rings. The maximum absolute atomic E-state index is 11.9. The number of rotatable bonds is 4. The van der Waals surface area contributed by atoms with Crippen molar-refractivity contribution in [2.24, 2.45) is 5.92 Å². The molecular weight excluding hydrogens is 263 g/mol. The normalized spacial score (nSPS) is 12.6. The number of halogens is 2. The first-order valence-corrected chi connectivity index (χ1v) is 5.95. The number of carbonyl (C=O) groups excluding carboxylic acids is 1. The SMILES string of the molecule is CC(C)C(CO)NC(=O)c1ccc(Cl)nc1Cl. The molecule has 0 spiro atoms. The fourth-order valence-electron chi connectivity index (χ4n) is 1.25. The van der Waals surface area contributed by atoms with E-state index in [2.05, 4.69) is 10.3 Å². The van der Waals surface area contributed by atoms with Gasteiger partial charge in [-0.05, 0) is 18.1 Å². The molecule has 1 amide bonds. The van der Waals surface area contributed by atoms with Crippen molar-refractivity contribution >= 4 is 29.1 Å². The van der Waals surface area contributed by atoms with Crippen molar-refractivity contribution in [3.8, 4) is 0 Å². The van der Waals surface area contributed by atoms with Crippen LogP contribution in [0.25, 0.3) is 0 Å². The number of aliphatic hydroxyl groups excluding tert-OH is 1. The Morgan fingerprint density at radius 1 is 1.47 bits per heavy atom. The Morgan fingerprint density at radius 2 is 2.12 bits per heavy atom. The molecule has 1 unspecified atom stereocenters. The van der Waals surface area contributed by atoms with Gasteiger partial charge in [-0.2, -0.15) is 0 Å². The molecule has 1 aromatic rings. The first-order valence-electron chi connectivity index (χ1n) is 5.19. The second-order valence-corrected chi connectivity index (χ2v) is 4.72. The molecule has 0 saturated carbocycles. The van der Waals surface area contributed by atoms with Gasteiger partial charge in [-0.15, -0.1) is 0 Å². The summed E-state index contributed by atoms with van der Waals surface area (Å²) in [5.41, 5.74) is 0.246. The molecule has 0 aliphatic heterocycles. The molecule has 0 aliphatic carbocycles. The van der Waals surface area contributed by atoms with Crippen molar-refractivity contribution in [1.82, 2.24) is 10.3 Å². The van der Waals surface area contributed by atoms with Gasteiger partial charge in [0.05, 0.1) is 18.2 Å². The third-order valence-electron chi connectivity index (χ3n) is 2.38. The fraction of sp³-hybridized carbons (Fsp3) is 0.455. The molecule has 1 rings (SSSR count). The first-order chi connectivity index (χ1) is 7.95. The number of hydrogen-bond acceptors (Lipinski definition) is 3. The Bertz CT molecular complexity index is 410. The summed E-state index contributed by atoms with van der Waals surface area (Å²) < 4.78 is 0. The Balaban J connectivity index is 2.82. The summed E-state index contributed by atoms with van der Waals surface area (Å²) in [6, 6.07) is 2.68. The van der Waals surface area contributed by atoms with Gasteiger partial charge >= 0.3 is 0 Å². The zero-order valence-electron chi connectivity index (χ0n) is 9.58. The van der Waals surface area contributed by atoms with Crippen LogP contribution in [0.4, 0.5) is 0 Å². The molecule has 1 heterocycles. The van der Waals surface area contributed by atoms with E-state index >= 15 is 0 Å². The number of nitrogens with zero attached hydrogens (tertiary/aromatic N) is 1. The standard InChI is InChI=1S/C11H14Cl2N2O2/c1-6(2)8(5-16)14-11(17)7-3-4-9(12)15-10(7)13/h3-4,6,8,16H,5H2,1-2H3,(H,14,17). The van der Waals surface area contributed by atoms with Crippen LogP contribution in [0.2, 0.25) is 10.3 Å². The summed E-state index contributed by atoms with van der Waals surface area (Å²) in [6.45, 7) is 3.69. The highest BCUT2D eigenvalue weighted by atomic mass is 35.5. The monoisotopic (exact) mass is 276 g/mol. The van der Waals surface area contributed by atoms with Gasteiger partial charge in [0.15, 0.2) is 0 Å². The van der Waals surface area contributed by atoms with E-state index in [9.17, 15) is 4.79 Å². The quantitative estimate of drug-likeness (QED) is 0.829. The number of pyridine rings is 1. The molecule has 94 valence electrons. The van der Waals surface area contributed by atoms with Crippen LogP contribution >= 0.6 is 23.2 Å². The maximum Gasteiger partial charge on any atom is 0.254 e. The lowest BCUT2D eigenvalue weighted by molar-refractivity contribution is 0.0896. The van der Waals surface area contributed by atoms with Gasteiger partial charge in [0, 0.05) is 0 Å². The molecular formula is C11H14Cl2N2O2. The molecule has 0 aromatic carbocycles. The molecule has 0 saturated heterocycles. The number of carbonyl (C=O) groups is 1. The van der Waals surface area contributed by atoms with Crippen LogP contribution in [-0.2, 0) is 0 Å². The lowest BCUT2D eigenvalue weighted by Gasteiger charge is -2.20.